The lowest BCUT2D eigenvalue weighted by Crippen LogP contribution is -2.33. The number of methoxy groups -OCH3 is 1. The number of para-hydroxylation sites is 1. The van der Waals surface area contributed by atoms with Crippen LogP contribution in [0.5, 0.6) is 5.75 Å². The van der Waals surface area contributed by atoms with E-state index < -0.39 is 12.0 Å². The van der Waals surface area contributed by atoms with Gasteiger partial charge in [0.2, 0.25) is 0 Å². The zero-order chi connectivity index (χ0) is 30.8. The Bertz CT molecular complexity index is 1550. The quantitative estimate of drug-likeness (QED) is 0.0921. The third-order valence-electron chi connectivity index (χ3n) is 7.99. The normalized spacial score (nSPS) is 13.8. The molecule has 0 bridgehead atoms. The van der Waals surface area contributed by atoms with Gasteiger partial charge in [-0.2, -0.15) is 0 Å². The summed E-state index contributed by atoms with van der Waals surface area (Å²) in [5, 5.41) is 6.68. The van der Waals surface area contributed by atoms with Crippen LogP contribution in [0.2, 0.25) is 0 Å². The first-order valence-electron chi connectivity index (χ1n) is 15.0. The Balaban J connectivity index is 1.10. The smallest absolute Gasteiger partial charge is 0.328 e. The van der Waals surface area contributed by atoms with Gasteiger partial charge in [0, 0.05) is 40.8 Å². The molecule has 5 rings (SSSR count). The van der Waals surface area contributed by atoms with E-state index in [2.05, 4.69) is 10.6 Å². The van der Waals surface area contributed by atoms with E-state index in [1.165, 1.54) is 7.11 Å². The number of esters is 1. The number of hydrogen-bond donors (Lipinski definition) is 2. The molecule has 0 aliphatic heterocycles. The summed E-state index contributed by atoms with van der Waals surface area (Å²) in [5.74, 6) is 0.435. The molecular formula is C37H38N2O5. The molecule has 1 saturated carbocycles. The minimum absolute atomic E-state index is 0.123. The summed E-state index contributed by atoms with van der Waals surface area (Å²) >= 11 is 0. The van der Waals surface area contributed by atoms with Crippen molar-refractivity contribution in [1.29, 1.82) is 0 Å². The van der Waals surface area contributed by atoms with E-state index >= 15 is 0 Å². The molecule has 0 aromatic heterocycles. The summed E-state index contributed by atoms with van der Waals surface area (Å²) in [6.07, 6.45) is 3.05. The summed E-state index contributed by atoms with van der Waals surface area (Å²) < 4.78 is 11.0. The van der Waals surface area contributed by atoms with Crippen LogP contribution in [0, 0.1) is 5.41 Å². The summed E-state index contributed by atoms with van der Waals surface area (Å²) in [7, 11) is 1.36. The van der Waals surface area contributed by atoms with Gasteiger partial charge in [0.05, 0.1) is 13.7 Å². The molecule has 7 nitrogen and oxygen atoms in total. The first-order chi connectivity index (χ1) is 21.5. The second-order valence-electron chi connectivity index (χ2n) is 11.2. The highest BCUT2D eigenvalue weighted by atomic mass is 16.5. The van der Waals surface area contributed by atoms with E-state index in [-0.39, 0.29) is 17.0 Å². The van der Waals surface area contributed by atoms with E-state index in [0.717, 1.165) is 42.7 Å². The van der Waals surface area contributed by atoms with E-state index in [4.69, 9.17) is 9.47 Å². The van der Waals surface area contributed by atoms with E-state index in [9.17, 15) is 14.4 Å². The number of ether oxygens (including phenoxy) is 2. The molecule has 7 heteroatoms. The number of Topliss-reactive ketones (excluding diaryl/α,β-unsaturated/α-hetero) is 1. The molecule has 0 amide bonds. The van der Waals surface area contributed by atoms with Gasteiger partial charge in [0.1, 0.15) is 11.8 Å². The predicted octanol–water partition coefficient (Wildman–Crippen LogP) is 6.14. The van der Waals surface area contributed by atoms with E-state index in [0.29, 0.717) is 36.4 Å². The molecule has 0 heterocycles. The Morgan fingerprint density at radius 1 is 0.795 bits per heavy atom. The fourth-order valence-electron chi connectivity index (χ4n) is 5.28. The number of rotatable bonds is 16. The average molecular weight is 591 g/mol. The maximum atomic E-state index is 13.2. The number of hydrogen-bond acceptors (Lipinski definition) is 7. The van der Waals surface area contributed by atoms with Crippen molar-refractivity contribution in [3.63, 3.8) is 0 Å². The zero-order valence-electron chi connectivity index (χ0n) is 25.0. The molecule has 0 radical (unpaired) electrons. The lowest BCUT2D eigenvalue weighted by molar-refractivity contribution is -0.141. The monoisotopic (exact) mass is 590 g/mol. The van der Waals surface area contributed by atoms with Crippen molar-refractivity contribution in [2.24, 2.45) is 5.41 Å². The Morgan fingerprint density at radius 3 is 2.09 bits per heavy atom. The predicted molar refractivity (Wildman–Crippen MR) is 171 cm³/mol. The minimum atomic E-state index is -0.689. The van der Waals surface area contributed by atoms with Crippen LogP contribution in [0.4, 0.5) is 5.69 Å². The number of ketones is 2. The summed E-state index contributed by atoms with van der Waals surface area (Å²) in [6.45, 7) is 2.00. The fraction of sp³-hybridized carbons (Fsp3) is 0.270. The largest absolute Gasteiger partial charge is 0.494 e. The molecule has 4 aromatic rings. The van der Waals surface area contributed by atoms with Crippen LogP contribution in [-0.4, -0.2) is 50.4 Å². The molecule has 1 aliphatic carbocycles. The van der Waals surface area contributed by atoms with Crippen molar-refractivity contribution in [2.45, 2.75) is 31.7 Å². The van der Waals surface area contributed by atoms with Crippen molar-refractivity contribution in [3.8, 4) is 5.75 Å². The van der Waals surface area contributed by atoms with Gasteiger partial charge < -0.3 is 20.1 Å². The lowest BCUT2D eigenvalue weighted by Gasteiger charge is -2.20. The third kappa shape index (κ3) is 7.79. The maximum absolute atomic E-state index is 13.2. The van der Waals surface area contributed by atoms with Crippen molar-refractivity contribution in [2.75, 3.05) is 32.1 Å². The molecule has 226 valence electrons. The standard InChI is InChI=1S/C37H38N2O5/c1-43-36(42)33(39-32-16-9-8-15-31(32)34(40)28-11-4-2-5-12-28)25-27-17-19-30(20-18-27)44-24-10-23-38-26-37(21-22-37)35(41)29-13-6-3-7-14-29/h2-9,11-20,33,38-39H,10,21-26H2,1H3. The molecule has 0 saturated heterocycles. The fourth-order valence-corrected chi connectivity index (χ4v) is 5.28. The topological polar surface area (TPSA) is 93.7 Å². The maximum Gasteiger partial charge on any atom is 0.328 e. The lowest BCUT2D eigenvalue weighted by atomic mass is 9.94. The Kier molecular flexibility index (Phi) is 10.2. The molecule has 2 N–H and O–H groups in total. The highest BCUT2D eigenvalue weighted by molar-refractivity contribution is 6.12. The summed E-state index contributed by atoms with van der Waals surface area (Å²) in [4.78, 5) is 38.8. The number of benzene rings is 4. The highest BCUT2D eigenvalue weighted by Gasteiger charge is 2.49. The van der Waals surface area contributed by atoms with Crippen molar-refractivity contribution >= 4 is 23.2 Å². The van der Waals surface area contributed by atoms with Crippen molar-refractivity contribution < 1.29 is 23.9 Å². The van der Waals surface area contributed by atoms with Gasteiger partial charge in [-0.25, -0.2) is 4.79 Å². The molecule has 1 unspecified atom stereocenters. The Labute approximate surface area is 258 Å². The number of carbonyl (C=O) groups excluding carboxylic acids is 3. The molecule has 1 aliphatic rings. The van der Waals surface area contributed by atoms with Crippen LogP contribution in [0.3, 0.4) is 0 Å². The Morgan fingerprint density at radius 2 is 1.43 bits per heavy atom. The van der Waals surface area contributed by atoms with Crippen LogP contribution in [0.1, 0.15) is 51.1 Å². The number of carbonyl (C=O) groups is 3. The third-order valence-corrected chi connectivity index (χ3v) is 7.99. The molecular weight excluding hydrogens is 552 g/mol. The molecule has 1 fully saturated rings. The van der Waals surface area contributed by atoms with Crippen LogP contribution in [0.25, 0.3) is 0 Å². The van der Waals surface area contributed by atoms with Gasteiger partial charge >= 0.3 is 5.97 Å². The van der Waals surface area contributed by atoms with Gasteiger partial charge in [-0.15, -0.1) is 0 Å². The van der Waals surface area contributed by atoms with Gasteiger partial charge in [0.15, 0.2) is 11.6 Å². The highest BCUT2D eigenvalue weighted by Crippen LogP contribution is 2.47. The zero-order valence-corrected chi connectivity index (χ0v) is 25.0. The number of nitrogens with one attached hydrogen (secondary N) is 2. The van der Waals surface area contributed by atoms with E-state index in [1.807, 2.05) is 78.9 Å². The summed E-state index contributed by atoms with van der Waals surface area (Å²) in [6, 6.07) is 32.7. The SMILES string of the molecule is COC(=O)C(Cc1ccc(OCCCNCC2(C(=O)c3ccccc3)CC2)cc1)Nc1ccccc1C(=O)c1ccccc1. The van der Waals surface area contributed by atoms with Crippen LogP contribution >= 0.6 is 0 Å². The molecule has 1 atom stereocenters. The second kappa shape index (κ2) is 14.6. The minimum Gasteiger partial charge on any atom is -0.494 e. The van der Waals surface area contributed by atoms with Crippen molar-refractivity contribution in [1.82, 2.24) is 5.32 Å². The molecule has 44 heavy (non-hydrogen) atoms. The van der Waals surface area contributed by atoms with Crippen LogP contribution < -0.4 is 15.4 Å². The van der Waals surface area contributed by atoms with Gasteiger partial charge in [0.25, 0.3) is 0 Å². The van der Waals surface area contributed by atoms with Crippen LogP contribution in [-0.2, 0) is 16.0 Å². The van der Waals surface area contributed by atoms with Gasteiger partial charge in [-0.3, -0.25) is 9.59 Å². The second-order valence-corrected chi connectivity index (χ2v) is 11.2. The molecule has 0 spiro atoms. The van der Waals surface area contributed by atoms with Gasteiger partial charge in [-0.05, 0) is 55.6 Å². The van der Waals surface area contributed by atoms with E-state index in [1.54, 1.807) is 30.3 Å². The Hall–Kier alpha value is -4.75. The number of anilines is 1. The summed E-state index contributed by atoms with van der Waals surface area (Å²) in [5.41, 5.74) is 3.09. The van der Waals surface area contributed by atoms with Crippen LogP contribution in [0.15, 0.2) is 109 Å². The molecule has 4 aromatic carbocycles. The van der Waals surface area contributed by atoms with Crippen molar-refractivity contribution in [3.05, 3.63) is 131 Å². The average Bonchev–Trinajstić information content (AvgIpc) is 3.87. The van der Waals surface area contributed by atoms with Gasteiger partial charge in [-0.1, -0.05) is 84.9 Å². The first-order valence-corrected chi connectivity index (χ1v) is 15.0. The first kappa shape index (κ1) is 30.7.